The Balaban J connectivity index is 4.20. The zero-order valence-electron chi connectivity index (χ0n) is 8.34. The average Bonchev–Trinajstić information content (AvgIpc) is 2.11. The number of aliphatic hydroxyl groups is 1. The van der Waals surface area contributed by atoms with E-state index in [-0.39, 0.29) is 6.08 Å². The summed E-state index contributed by atoms with van der Waals surface area (Å²) in [5.41, 5.74) is 0. The summed E-state index contributed by atoms with van der Waals surface area (Å²) in [6.45, 7) is 1.97. The quantitative estimate of drug-likeness (QED) is 0.335. The highest BCUT2D eigenvalue weighted by Crippen LogP contribution is 2.17. The Morgan fingerprint density at radius 3 is 2.47 bits per heavy atom. The summed E-state index contributed by atoms with van der Waals surface area (Å²) in [5.74, 6) is -2.73. The fourth-order valence-corrected chi connectivity index (χ4v) is 0.790. The van der Waals surface area contributed by atoms with E-state index in [4.69, 9.17) is 5.11 Å². The number of rotatable bonds is 5. The van der Waals surface area contributed by atoms with Crippen LogP contribution in [0.25, 0.3) is 0 Å². The maximum Gasteiger partial charge on any atom is 0.454 e. The molecule has 0 fully saturated rings. The highest BCUT2D eigenvalue weighted by molar-refractivity contribution is 5.94. The lowest BCUT2D eigenvalue weighted by Gasteiger charge is -1.99. The first-order chi connectivity index (χ1) is 6.88. The van der Waals surface area contributed by atoms with E-state index in [1.807, 2.05) is 6.92 Å². The molecule has 0 saturated carbocycles. The number of ketones is 1. The van der Waals surface area contributed by atoms with Gasteiger partial charge >= 0.3 is 6.18 Å². The minimum absolute atomic E-state index is 0.169. The monoisotopic (exact) mass is 222 g/mol. The summed E-state index contributed by atoms with van der Waals surface area (Å²) in [4.78, 5) is 10.4. The Bertz CT molecular complexity index is 264. The number of unbranched alkanes of at least 4 members (excludes halogenated alkanes) is 2. The lowest BCUT2D eigenvalue weighted by Crippen LogP contribution is -2.20. The molecule has 0 atom stereocenters. The van der Waals surface area contributed by atoms with Gasteiger partial charge in [0.2, 0.25) is 0 Å². The Morgan fingerprint density at radius 1 is 1.40 bits per heavy atom. The first kappa shape index (κ1) is 13.7. The average molecular weight is 222 g/mol. The van der Waals surface area contributed by atoms with Gasteiger partial charge in [-0.2, -0.15) is 13.2 Å². The molecule has 0 aromatic rings. The van der Waals surface area contributed by atoms with E-state index in [2.05, 4.69) is 0 Å². The van der Waals surface area contributed by atoms with Crippen molar-refractivity contribution in [2.75, 3.05) is 0 Å². The van der Waals surface area contributed by atoms with Gasteiger partial charge in [0.1, 0.15) is 5.76 Å². The molecule has 0 spiro atoms. The first-order valence-electron chi connectivity index (χ1n) is 4.56. The molecule has 0 saturated heterocycles. The molecular weight excluding hydrogens is 209 g/mol. The van der Waals surface area contributed by atoms with Crippen molar-refractivity contribution >= 4 is 5.78 Å². The third-order valence-corrected chi connectivity index (χ3v) is 1.57. The highest BCUT2D eigenvalue weighted by Gasteiger charge is 2.36. The Labute approximate surface area is 86.1 Å². The molecule has 0 unspecified atom stereocenters. The predicted molar refractivity (Wildman–Crippen MR) is 50.4 cm³/mol. The lowest BCUT2D eigenvalue weighted by atomic mass is 10.2. The van der Waals surface area contributed by atoms with Gasteiger partial charge in [-0.05, 0) is 12.5 Å². The molecule has 0 rings (SSSR count). The summed E-state index contributed by atoms with van der Waals surface area (Å²) >= 11 is 0. The fraction of sp³-hybridized carbons (Fsp3) is 0.500. The molecule has 86 valence electrons. The molecule has 0 aromatic heterocycles. The third-order valence-electron chi connectivity index (χ3n) is 1.57. The van der Waals surface area contributed by atoms with Gasteiger partial charge in [-0.25, -0.2) is 0 Å². The second kappa shape index (κ2) is 6.27. The van der Waals surface area contributed by atoms with Crippen LogP contribution in [0.4, 0.5) is 13.2 Å². The van der Waals surface area contributed by atoms with Crippen LogP contribution >= 0.6 is 0 Å². The zero-order chi connectivity index (χ0) is 11.9. The van der Waals surface area contributed by atoms with Gasteiger partial charge in [0.15, 0.2) is 0 Å². The van der Waals surface area contributed by atoms with Crippen molar-refractivity contribution in [1.82, 2.24) is 0 Å². The lowest BCUT2D eigenvalue weighted by molar-refractivity contribution is -0.165. The number of aliphatic hydroxyl groups excluding tert-OH is 1. The maximum absolute atomic E-state index is 11.7. The van der Waals surface area contributed by atoms with E-state index in [1.165, 1.54) is 6.08 Å². The normalized spacial score (nSPS) is 13.5. The van der Waals surface area contributed by atoms with Crippen LogP contribution in [0.1, 0.15) is 26.2 Å². The molecular formula is C10H13F3O2. The van der Waals surface area contributed by atoms with Crippen molar-refractivity contribution in [2.24, 2.45) is 0 Å². The number of hydrogen-bond acceptors (Lipinski definition) is 2. The molecule has 2 nitrogen and oxygen atoms in total. The van der Waals surface area contributed by atoms with Crippen LogP contribution < -0.4 is 0 Å². The van der Waals surface area contributed by atoms with Crippen LogP contribution in [0, 0.1) is 0 Å². The summed E-state index contributed by atoms with van der Waals surface area (Å²) in [6, 6.07) is 0. The minimum Gasteiger partial charge on any atom is -0.508 e. The molecule has 0 aliphatic heterocycles. The van der Waals surface area contributed by atoms with Crippen molar-refractivity contribution < 1.29 is 23.1 Å². The Morgan fingerprint density at radius 2 is 2.00 bits per heavy atom. The van der Waals surface area contributed by atoms with E-state index in [9.17, 15) is 18.0 Å². The SMILES string of the molecule is CCCC/C=C/C(O)=C/C(=O)C(F)(F)F. The Kier molecular flexibility index (Phi) is 5.74. The first-order valence-corrected chi connectivity index (χ1v) is 4.56. The van der Waals surface area contributed by atoms with Gasteiger partial charge in [0, 0.05) is 6.08 Å². The molecule has 0 aliphatic rings. The van der Waals surface area contributed by atoms with E-state index in [1.54, 1.807) is 0 Å². The summed E-state index contributed by atoms with van der Waals surface area (Å²) < 4.78 is 35.2. The number of carbonyl (C=O) groups excluding carboxylic acids is 1. The molecule has 5 heteroatoms. The number of halogens is 3. The van der Waals surface area contributed by atoms with Crippen LogP contribution in [0.3, 0.4) is 0 Å². The van der Waals surface area contributed by atoms with Gasteiger partial charge in [-0.1, -0.05) is 25.8 Å². The summed E-state index contributed by atoms with van der Waals surface area (Å²) in [7, 11) is 0. The second-order valence-corrected chi connectivity index (χ2v) is 2.98. The van der Waals surface area contributed by atoms with Gasteiger partial charge in [0.05, 0.1) is 0 Å². The van der Waals surface area contributed by atoms with Gasteiger partial charge < -0.3 is 5.11 Å². The number of hydrogen-bond donors (Lipinski definition) is 1. The van der Waals surface area contributed by atoms with E-state index < -0.39 is 17.7 Å². The van der Waals surface area contributed by atoms with Crippen molar-refractivity contribution in [3.05, 3.63) is 24.0 Å². The van der Waals surface area contributed by atoms with E-state index in [0.717, 1.165) is 18.9 Å². The molecule has 0 aromatic carbocycles. The molecule has 0 heterocycles. The molecule has 0 bridgehead atoms. The van der Waals surface area contributed by atoms with Crippen molar-refractivity contribution in [3.63, 3.8) is 0 Å². The van der Waals surface area contributed by atoms with Gasteiger partial charge in [0.25, 0.3) is 5.78 Å². The largest absolute Gasteiger partial charge is 0.508 e. The third kappa shape index (κ3) is 6.76. The van der Waals surface area contributed by atoms with Crippen LogP contribution in [0.5, 0.6) is 0 Å². The van der Waals surface area contributed by atoms with Crippen molar-refractivity contribution in [3.8, 4) is 0 Å². The van der Waals surface area contributed by atoms with E-state index in [0.29, 0.717) is 6.42 Å². The molecule has 15 heavy (non-hydrogen) atoms. The number of allylic oxidation sites excluding steroid dienone is 3. The summed E-state index contributed by atoms with van der Waals surface area (Å²) in [6.07, 6.45) is 0.369. The molecule has 0 radical (unpaired) electrons. The van der Waals surface area contributed by atoms with Gasteiger partial charge in [-0.3, -0.25) is 4.79 Å². The molecule has 0 aliphatic carbocycles. The summed E-state index contributed by atoms with van der Waals surface area (Å²) in [5, 5.41) is 8.94. The maximum atomic E-state index is 11.7. The van der Waals surface area contributed by atoms with Crippen LogP contribution in [-0.4, -0.2) is 17.1 Å². The smallest absolute Gasteiger partial charge is 0.454 e. The van der Waals surface area contributed by atoms with Crippen molar-refractivity contribution in [1.29, 1.82) is 0 Å². The van der Waals surface area contributed by atoms with Crippen LogP contribution in [0.15, 0.2) is 24.0 Å². The second-order valence-electron chi connectivity index (χ2n) is 2.98. The highest BCUT2D eigenvalue weighted by atomic mass is 19.4. The zero-order valence-corrected chi connectivity index (χ0v) is 8.34. The predicted octanol–water partition coefficient (Wildman–Crippen LogP) is 3.31. The minimum atomic E-state index is -4.93. The van der Waals surface area contributed by atoms with Crippen LogP contribution in [-0.2, 0) is 4.79 Å². The number of carbonyl (C=O) groups is 1. The van der Waals surface area contributed by atoms with Crippen LogP contribution in [0.2, 0.25) is 0 Å². The standard InChI is InChI=1S/C10H13F3O2/c1-2-3-4-5-6-8(14)7-9(15)10(11,12)13/h5-7,14H,2-4H2,1H3/b6-5+,8-7-. The molecule has 1 N–H and O–H groups in total. The Hall–Kier alpha value is -1.26. The molecule has 0 amide bonds. The number of alkyl halides is 3. The van der Waals surface area contributed by atoms with Crippen molar-refractivity contribution in [2.45, 2.75) is 32.4 Å². The van der Waals surface area contributed by atoms with Gasteiger partial charge in [-0.15, -0.1) is 0 Å². The topological polar surface area (TPSA) is 37.3 Å². The fourth-order valence-electron chi connectivity index (χ4n) is 0.790. The van der Waals surface area contributed by atoms with E-state index >= 15 is 0 Å².